The van der Waals surface area contributed by atoms with Crippen molar-refractivity contribution in [3.63, 3.8) is 0 Å². The van der Waals surface area contributed by atoms with E-state index in [1.807, 2.05) is 13.8 Å². The van der Waals surface area contributed by atoms with Gasteiger partial charge in [0.2, 0.25) is 10.0 Å². The van der Waals surface area contributed by atoms with Crippen LogP contribution in [0.4, 0.5) is 0 Å². The third-order valence-corrected chi connectivity index (χ3v) is 6.03. The van der Waals surface area contributed by atoms with Crippen LogP contribution in [0.25, 0.3) is 0 Å². The molecule has 1 saturated carbocycles. The van der Waals surface area contributed by atoms with E-state index in [4.69, 9.17) is 4.74 Å². The molecule has 2 rings (SSSR count). The lowest BCUT2D eigenvalue weighted by Crippen LogP contribution is -2.37. The minimum Gasteiger partial charge on any atom is -0.452 e. The van der Waals surface area contributed by atoms with Crippen LogP contribution in [0.3, 0.4) is 0 Å². The number of rotatable bonds is 9. The first kappa shape index (κ1) is 20.4. The molecule has 0 heterocycles. The Kier molecular flexibility index (Phi) is 6.77. The maximum Gasteiger partial charge on any atom is 0.338 e. The molecule has 0 radical (unpaired) electrons. The van der Waals surface area contributed by atoms with Gasteiger partial charge in [0, 0.05) is 12.1 Å². The van der Waals surface area contributed by atoms with Crippen molar-refractivity contribution in [3.05, 3.63) is 29.8 Å². The summed E-state index contributed by atoms with van der Waals surface area (Å²) in [6.07, 6.45) is 2.90. The molecule has 1 amide bonds. The van der Waals surface area contributed by atoms with Crippen LogP contribution in [0.2, 0.25) is 0 Å². The Labute approximate surface area is 154 Å². The monoisotopic (exact) mass is 382 g/mol. The lowest BCUT2D eigenvalue weighted by atomic mass is 10.2. The number of carbonyl (C=O) groups excluding carboxylic acids is 2. The average Bonchev–Trinajstić information content (AvgIpc) is 3.44. The largest absolute Gasteiger partial charge is 0.452 e. The van der Waals surface area contributed by atoms with Gasteiger partial charge in [-0.05, 0) is 63.3 Å². The van der Waals surface area contributed by atoms with Gasteiger partial charge in [-0.2, -0.15) is 0 Å². The molecule has 0 saturated heterocycles. The second kappa shape index (κ2) is 8.64. The van der Waals surface area contributed by atoms with Crippen LogP contribution in [0, 0.1) is 5.92 Å². The van der Waals surface area contributed by atoms with E-state index in [0.29, 0.717) is 12.3 Å². The lowest BCUT2D eigenvalue weighted by molar-refractivity contribution is -0.124. The first-order valence-electron chi connectivity index (χ1n) is 8.81. The lowest BCUT2D eigenvalue weighted by Gasteiger charge is -2.13. The zero-order chi connectivity index (χ0) is 19.3. The van der Waals surface area contributed by atoms with E-state index < -0.39 is 16.0 Å². The number of sulfonamides is 1. The summed E-state index contributed by atoms with van der Waals surface area (Å²) in [6.45, 7) is 5.24. The van der Waals surface area contributed by atoms with Crippen LogP contribution in [0.1, 0.15) is 50.4 Å². The minimum absolute atomic E-state index is 0.0744. The van der Waals surface area contributed by atoms with Crippen LogP contribution in [-0.4, -0.2) is 39.0 Å². The number of ether oxygens (including phenoxy) is 1. The molecular formula is C18H26N2O5S. The summed E-state index contributed by atoms with van der Waals surface area (Å²) in [5.41, 5.74) is 0.190. The molecule has 0 aromatic heterocycles. The average molecular weight is 382 g/mol. The SMILES string of the molecule is CC[C@@H](C)NS(=O)(=O)c1ccc(C(=O)OCC(=O)N[C@@H](C)C2CC2)cc1. The molecule has 1 aromatic carbocycles. The van der Waals surface area contributed by atoms with Crippen molar-refractivity contribution < 1.29 is 22.7 Å². The Morgan fingerprint density at radius 2 is 1.81 bits per heavy atom. The van der Waals surface area contributed by atoms with E-state index in [-0.39, 0.29) is 35.1 Å². The molecule has 7 nitrogen and oxygen atoms in total. The van der Waals surface area contributed by atoms with E-state index in [1.165, 1.54) is 24.3 Å². The van der Waals surface area contributed by atoms with Crippen LogP contribution in [0.5, 0.6) is 0 Å². The summed E-state index contributed by atoms with van der Waals surface area (Å²) in [6, 6.07) is 5.34. The van der Waals surface area contributed by atoms with Crippen LogP contribution < -0.4 is 10.0 Å². The maximum atomic E-state index is 12.2. The van der Waals surface area contributed by atoms with E-state index in [1.54, 1.807) is 6.92 Å². The van der Waals surface area contributed by atoms with Crippen LogP contribution in [-0.2, 0) is 19.6 Å². The zero-order valence-electron chi connectivity index (χ0n) is 15.3. The highest BCUT2D eigenvalue weighted by Gasteiger charge is 2.29. The molecule has 1 aromatic rings. The smallest absolute Gasteiger partial charge is 0.338 e. The quantitative estimate of drug-likeness (QED) is 0.635. The van der Waals surface area contributed by atoms with Gasteiger partial charge in [0.1, 0.15) is 0 Å². The standard InChI is InChI=1S/C18H26N2O5S/c1-4-12(2)20-26(23,24)16-9-7-15(8-10-16)18(22)25-11-17(21)19-13(3)14-5-6-14/h7-10,12-14,20H,4-6,11H2,1-3H3,(H,19,21)/t12-,13+/m1/s1. The number of hydrogen-bond donors (Lipinski definition) is 2. The van der Waals surface area contributed by atoms with Gasteiger partial charge in [-0.3, -0.25) is 4.79 Å². The predicted octanol–water partition coefficient (Wildman–Crippen LogP) is 1.83. The highest BCUT2D eigenvalue weighted by Crippen LogP contribution is 2.32. The molecule has 144 valence electrons. The molecule has 26 heavy (non-hydrogen) atoms. The molecule has 2 atom stereocenters. The van der Waals surface area contributed by atoms with Crippen molar-refractivity contribution in [1.82, 2.24) is 10.0 Å². The fraction of sp³-hybridized carbons (Fsp3) is 0.556. The molecule has 0 aliphatic heterocycles. The molecule has 1 fully saturated rings. The number of hydrogen-bond acceptors (Lipinski definition) is 5. The zero-order valence-corrected chi connectivity index (χ0v) is 16.1. The molecule has 1 aliphatic carbocycles. The van der Waals surface area contributed by atoms with Gasteiger partial charge in [0.25, 0.3) is 5.91 Å². The number of esters is 1. The summed E-state index contributed by atoms with van der Waals surface area (Å²) >= 11 is 0. The molecule has 8 heteroatoms. The highest BCUT2D eigenvalue weighted by atomic mass is 32.2. The van der Waals surface area contributed by atoms with E-state index in [9.17, 15) is 18.0 Å². The first-order valence-corrected chi connectivity index (χ1v) is 10.3. The normalized spacial score (nSPS) is 16.6. The van der Waals surface area contributed by atoms with Crippen molar-refractivity contribution in [2.75, 3.05) is 6.61 Å². The van der Waals surface area contributed by atoms with Crippen molar-refractivity contribution in [3.8, 4) is 0 Å². The second-order valence-electron chi connectivity index (χ2n) is 6.72. The summed E-state index contributed by atoms with van der Waals surface area (Å²) in [5.74, 6) is -0.485. The van der Waals surface area contributed by atoms with E-state index in [0.717, 1.165) is 12.8 Å². The summed E-state index contributed by atoms with van der Waals surface area (Å²) in [7, 11) is -3.62. The van der Waals surface area contributed by atoms with Crippen LogP contribution >= 0.6 is 0 Å². The predicted molar refractivity (Wildman–Crippen MR) is 97.1 cm³/mol. The van der Waals surface area contributed by atoms with Crippen molar-refractivity contribution in [2.24, 2.45) is 5.92 Å². The van der Waals surface area contributed by atoms with Gasteiger partial charge < -0.3 is 10.1 Å². The minimum atomic E-state index is -3.62. The summed E-state index contributed by atoms with van der Waals surface area (Å²) in [5, 5.41) is 2.80. The van der Waals surface area contributed by atoms with E-state index >= 15 is 0 Å². The second-order valence-corrected chi connectivity index (χ2v) is 8.44. The van der Waals surface area contributed by atoms with Gasteiger partial charge in [-0.15, -0.1) is 0 Å². The molecule has 0 spiro atoms. The number of amides is 1. The molecule has 0 unspecified atom stereocenters. The molecular weight excluding hydrogens is 356 g/mol. The fourth-order valence-electron chi connectivity index (χ4n) is 2.41. The topological polar surface area (TPSA) is 102 Å². The highest BCUT2D eigenvalue weighted by molar-refractivity contribution is 7.89. The Balaban J connectivity index is 1.88. The van der Waals surface area contributed by atoms with E-state index in [2.05, 4.69) is 10.0 Å². The third kappa shape index (κ3) is 5.81. The Bertz CT molecular complexity index is 741. The summed E-state index contributed by atoms with van der Waals surface area (Å²) < 4.78 is 31.9. The molecule has 0 bridgehead atoms. The first-order chi connectivity index (χ1) is 12.2. The Morgan fingerprint density at radius 3 is 2.35 bits per heavy atom. The number of carbonyl (C=O) groups is 2. The van der Waals surface area contributed by atoms with Crippen molar-refractivity contribution in [2.45, 2.75) is 57.0 Å². The fourth-order valence-corrected chi connectivity index (χ4v) is 3.74. The Morgan fingerprint density at radius 1 is 1.19 bits per heavy atom. The van der Waals surface area contributed by atoms with Gasteiger partial charge in [0.15, 0.2) is 6.61 Å². The van der Waals surface area contributed by atoms with Gasteiger partial charge >= 0.3 is 5.97 Å². The molecule has 1 aliphatic rings. The maximum absolute atomic E-state index is 12.2. The van der Waals surface area contributed by atoms with Crippen molar-refractivity contribution in [1.29, 1.82) is 0 Å². The third-order valence-electron chi connectivity index (χ3n) is 4.42. The Hall–Kier alpha value is -1.93. The van der Waals surface area contributed by atoms with Crippen molar-refractivity contribution >= 4 is 21.9 Å². The van der Waals surface area contributed by atoms with Gasteiger partial charge in [-0.25, -0.2) is 17.9 Å². The number of nitrogens with one attached hydrogen (secondary N) is 2. The molecule has 2 N–H and O–H groups in total. The van der Waals surface area contributed by atoms with Gasteiger partial charge in [0.05, 0.1) is 10.5 Å². The number of benzene rings is 1. The van der Waals surface area contributed by atoms with Gasteiger partial charge in [-0.1, -0.05) is 6.92 Å². The summed E-state index contributed by atoms with van der Waals surface area (Å²) in [4.78, 5) is 23.8. The van der Waals surface area contributed by atoms with Crippen LogP contribution in [0.15, 0.2) is 29.2 Å².